The molecule has 6 heteroatoms. The zero-order valence-electron chi connectivity index (χ0n) is 14.6. The second-order valence-corrected chi connectivity index (χ2v) is 7.41. The first kappa shape index (κ1) is 18.0. The molecule has 0 unspecified atom stereocenters. The van der Waals surface area contributed by atoms with E-state index < -0.39 is 0 Å². The van der Waals surface area contributed by atoms with Crippen molar-refractivity contribution in [2.45, 2.75) is 25.5 Å². The molecule has 5 nitrogen and oxygen atoms in total. The van der Waals surface area contributed by atoms with Crippen molar-refractivity contribution < 1.29 is 13.9 Å². The molecule has 3 rings (SSSR count). The molecule has 1 fully saturated rings. The summed E-state index contributed by atoms with van der Waals surface area (Å²) in [7, 11) is 4.18. The lowest BCUT2D eigenvalue weighted by molar-refractivity contribution is 0.0628. The van der Waals surface area contributed by atoms with Crippen LogP contribution in [0.4, 0.5) is 0 Å². The predicted molar refractivity (Wildman–Crippen MR) is 99.8 cm³/mol. The summed E-state index contributed by atoms with van der Waals surface area (Å²) in [6.45, 7) is 1.84. The molecule has 1 aromatic heterocycles. The molecule has 134 valence electrons. The first-order valence-electron chi connectivity index (χ1n) is 8.45. The number of rotatable bonds is 5. The van der Waals surface area contributed by atoms with Crippen LogP contribution in [0.2, 0.25) is 0 Å². The van der Waals surface area contributed by atoms with Gasteiger partial charge in [0, 0.05) is 23.6 Å². The number of hydrogen-bond donors (Lipinski definition) is 0. The lowest BCUT2D eigenvalue weighted by Gasteiger charge is -2.34. The van der Waals surface area contributed by atoms with Crippen LogP contribution in [0, 0.1) is 0 Å². The number of nitrogens with zero attached hydrogens (tertiary/aromatic N) is 2. The quantitative estimate of drug-likeness (QED) is 0.757. The molecule has 2 aromatic rings. The van der Waals surface area contributed by atoms with Crippen molar-refractivity contribution in [3.63, 3.8) is 0 Å². The standard InChI is InChI=1S/C19H23BrN2O3/c1-21(2)15-8-10-22(11-9-15)19(23)18-7-6-17(25-18)13-24-16-5-3-4-14(20)12-16/h3-7,12,15H,8-11,13H2,1-2H3. The highest BCUT2D eigenvalue weighted by Crippen LogP contribution is 2.21. The number of amides is 1. The van der Waals surface area contributed by atoms with Gasteiger partial charge in [0.25, 0.3) is 5.91 Å². The normalized spacial score (nSPS) is 15.6. The summed E-state index contributed by atoms with van der Waals surface area (Å²) in [5.41, 5.74) is 0. The highest BCUT2D eigenvalue weighted by Gasteiger charge is 2.26. The fourth-order valence-corrected chi connectivity index (χ4v) is 3.40. The summed E-state index contributed by atoms with van der Waals surface area (Å²) in [6.07, 6.45) is 2.00. The minimum Gasteiger partial charge on any atom is -0.486 e. The average molecular weight is 407 g/mol. The molecule has 2 heterocycles. The smallest absolute Gasteiger partial charge is 0.289 e. The first-order valence-corrected chi connectivity index (χ1v) is 9.25. The third-order valence-electron chi connectivity index (χ3n) is 4.53. The fourth-order valence-electron chi connectivity index (χ4n) is 3.02. The van der Waals surface area contributed by atoms with Gasteiger partial charge in [0.1, 0.15) is 18.1 Å². The van der Waals surface area contributed by atoms with E-state index in [2.05, 4.69) is 34.9 Å². The number of hydrogen-bond acceptors (Lipinski definition) is 4. The Kier molecular flexibility index (Phi) is 5.81. The highest BCUT2D eigenvalue weighted by atomic mass is 79.9. The largest absolute Gasteiger partial charge is 0.486 e. The predicted octanol–water partition coefficient (Wildman–Crippen LogP) is 3.79. The van der Waals surface area contributed by atoms with E-state index in [0.717, 1.165) is 36.2 Å². The molecule has 1 aliphatic rings. The van der Waals surface area contributed by atoms with E-state index in [0.29, 0.717) is 24.2 Å². The van der Waals surface area contributed by atoms with Crippen LogP contribution in [0.15, 0.2) is 45.3 Å². The monoisotopic (exact) mass is 406 g/mol. The Hall–Kier alpha value is -1.79. The summed E-state index contributed by atoms with van der Waals surface area (Å²) < 4.78 is 12.3. The first-order chi connectivity index (χ1) is 12.0. The van der Waals surface area contributed by atoms with Gasteiger partial charge in [-0.2, -0.15) is 0 Å². The second kappa shape index (κ2) is 8.06. The van der Waals surface area contributed by atoms with Gasteiger partial charge in [-0.05, 0) is 57.3 Å². The van der Waals surface area contributed by atoms with Crippen molar-refractivity contribution in [1.29, 1.82) is 0 Å². The van der Waals surface area contributed by atoms with Gasteiger partial charge >= 0.3 is 0 Å². The summed E-state index contributed by atoms with van der Waals surface area (Å²) in [5.74, 6) is 1.75. The zero-order valence-corrected chi connectivity index (χ0v) is 16.2. The van der Waals surface area contributed by atoms with Gasteiger partial charge in [0.15, 0.2) is 5.76 Å². The number of ether oxygens (including phenoxy) is 1. The molecule has 0 bridgehead atoms. The number of carbonyl (C=O) groups is 1. The van der Waals surface area contributed by atoms with E-state index in [1.165, 1.54) is 0 Å². The summed E-state index contributed by atoms with van der Waals surface area (Å²) in [6, 6.07) is 11.7. The molecule has 1 aromatic carbocycles. The van der Waals surface area contributed by atoms with Gasteiger partial charge in [-0.25, -0.2) is 0 Å². The van der Waals surface area contributed by atoms with E-state index in [9.17, 15) is 4.79 Å². The Labute approximate surface area is 156 Å². The number of carbonyl (C=O) groups excluding carboxylic acids is 1. The number of benzene rings is 1. The lowest BCUT2D eigenvalue weighted by Crippen LogP contribution is -2.44. The second-order valence-electron chi connectivity index (χ2n) is 6.50. The molecule has 0 atom stereocenters. The lowest BCUT2D eigenvalue weighted by atomic mass is 10.0. The van der Waals surface area contributed by atoms with Crippen molar-refractivity contribution in [3.05, 3.63) is 52.4 Å². The fraction of sp³-hybridized carbons (Fsp3) is 0.421. The highest BCUT2D eigenvalue weighted by molar-refractivity contribution is 9.10. The molecule has 0 aliphatic carbocycles. The maximum atomic E-state index is 12.6. The molecule has 0 radical (unpaired) electrons. The molecular weight excluding hydrogens is 384 g/mol. The topological polar surface area (TPSA) is 45.9 Å². The van der Waals surface area contributed by atoms with Crippen LogP contribution in [0.5, 0.6) is 5.75 Å². The third kappa shape index (κ3) is 4.64. The van der Waals surface area contributed by atoms with Crippen molar-refractivity contribution in [2.75, 3.05) is 27.2 Å². The van der Waals surface area contributed by atoms with Crippen LogP contribution < -0.4 is 4.74 Å². The molecule has 1 amide bonds. The van der Waals surface area contributed by atoms with Gasteiger partial charge in [0.2, 0.25) is 0 Å². The van der Waals surface area contributed by atoms with E-state index in [-0.39, 0.29) is 5.91 Å². The van der Waals surface area contributed by atoms with Crippen molar-refractivity contribution in [2.24, 2.45) is 0 Å². The van der Waals surface area contributed by atoms with E-state index in [4.69, 9.17) is 9.15 Å². The van der Waals surface area contributed by atoms with E-state index in [1.807, 2.05) is 29.2 Å². The Morgan fingerprint density at radius 3 is 2.72 bits per heavy atom. The molecular formula is C19H23BrN2O3. The van der Waals surface area contributed by atoms with Crippen molar-refractivity contribution >= 4 is 21.8 Å². The number of likely N-dealkylation sites (tertiary alicyclic amines) is 1. The molecule has 1 saturated heterocycles. The average Bonchev–Trinajstić information content (AvgIpc) is 3.08. The molecule has 0 N–H and O–H groups in total. The Balaban J connectivity index is 1.55. The Morgan fingerprint density at radius 2 is 2.04 bits per heavy atom. The number of piperidine rings is 1. The van der Waals surface area contributed by atoms with Crippen LogP contribution in [0.3, 0.4) is 0 Å². The Morgan fingerprint density at radius 1 is 1.28 bits per heavy atom. The maximum absolute atomic E-state index is 12.6. The van der Waals surface area contributed by atoms with Gasteiger partial charge < -0.3 is 19.0 Å². The molecule has 25 heavy (non-hydrogen) atoms. The van der Waals surface area contributed by atoms with E-state index in [1.54, 1.807) is 12.1 Å². The number of furan rings is 1. The molecule has 0 saturated carbocycles. The number of halogens is 1. The van der Waals surface area contributed by atoms with Crippen LogP contribution in [-0.2, 0) is 6.61 Å². The molecule has 1 aliphatic heterocycles. The summed E-state index contributed by atoms with van der Waals surface area (Å²) >= 11 is 3.41. The minimum atomic E-state index is -0.0362. The van der Waals surface area contributed by atoms with Crippen LogP contribution in [-0.4, -0.2) is 48.9 Å². The Bertz CT molecular complexity index is 721. The SMILES string of the molecule is CN(C)C1CCN(C(=O)c2ccc(COc3cccc(Br)c3)o2)CC1. The van der Waals surface area contributed by atoms with Crippen molar-refractivity contribution in [1.82, 2.24) is 9.80 Å². The van der Waals surface area contributed by atoms with Crippen LogP contribution in [0.25, 0.3) is 0 Å². The zero-order chi connectivity index (χ0) is 17.8. The van der Waals surface area contributed by atoms with Gasteiger partial charge in [0.05, 0.1) is 0 Å². The van der Waals surface area contributed by atoms with Gasteiger partial charge in [-0.1, -0.05) is 22.0 Å². The van der Waals surface area contributed by atoms with E-state index >= 15 is 0 Å². The maximum Gasteiger partial charge on any atom is 0.289 e. The van der Waals surface area contributed by atoms with Crippen molar-refractivity contribution in [3.8, 4) is 5.75 Å². The summed E-state index contributed by atoms with van der Waals surface area (Å²) in [5, 5.41) is 0. The molecule has 0 spiro atoms. The third-order valence-corrected chi connectivity index (χ3v) is 5.02. The van der Waals surface area contributed by atoms with Crippen LogP contribution >= 0.6 is 15.9 Å². The van der Waals surface area contributed by atoms with Gasteiger partial charge in [-0.3, -0.25) is 4.79 Å². The summed E-state index contributed by atoms with van der Waals surface area (Å²) in [4.78, 5) is 16.7. The van der Waals surface area contributed by atoms with Gasteiger partial charge in [-0.15, -0.1) is 0 Å². The minimum absolute atomic E-state index is 0.0362. The van der Waals surface area contributed by atoms with Crippen LogP contribution in [0.1, 0.15) is 29.2 Å².